The second kappa shape index (κ2) is 9.41. The highest BCUT2D eigenvalue weighted by atomic mass is 16.2. The van der Waals surface area contributed by atoms with Crippen LogP contribution in [0.15, 0.2) is 34.9 Å². The Balaban J connectivity index is 3.83. The molecule has 0 amide bonds. The highest BCUT2D eigenvalue weighted by molar-refractivity contribution is 5.06. The molecule has 0 rings (SSSR count). The van der Waals surface area contributed by atoms with Crippen molar-refractivity contribution in [2.45, 2.75) is 53.4 Å². The fourth-order valence-corrected chi connectivity index (χ4v) is 1.44. The third-order valence-corrected chi connectivity index (χ3v) is 2.88. The highest BCUT2D eigenvalue weighted by Gasteiger charge is 1.93. The molecule has 0 spiro atoms. The zero-order valence-corrected chi connectivity index (χ0v) is 11.2. The molecule has 0 saturated carbocycles. The monoisotopic (exact) mass is 222 g/mol. The van der Waals surface area contributed by atoms with Gasteiger partial charge in [-0.2, -0.15) is 0 Å². The molecule has 16 heavy (non-hydrogen) atoms. The van der Waals surface area contributed by atoms with Crippen LogP contribution in [-0.4, -0.2) is 11.7 Å². The minimum Gasteiger partial charge on any atom is -0.392 e. The lowest BCUT2D eigenvalue weighted by Crippen LogP contribution is -1.83. The predicted molar refractivity (Wildman–Crippen MR) is 72.5 cm³/mol. The molecule has 0 bridgehead atoms. The van der Waals surface area contributed by atoms with Crippen molar-refractivity contribution < 1.29 is 5.11 Å². The molecular formula is C15H26O. The van der Waals surface area contributed by atoms with Gasteiger partial charge in [-0.05, 0) is 53.4 Å². The van der Waals surface area contributed by atoms with Crippen LogP contribution in [0.4, 0.5) is 0 Å². The lowest BCUT2D eigenvalue weighted by atomic mass is 10.0. The summed E-state index contributed by atoms with van der Waals surface area (Å²) < 4.78 is 0. The SMILES string of the molecule is CC=C(C)CCC(C)=CCCC(C)=CCO. The van der Waals surface area contributed by atoms with Gasteiger partial charge in [0.2, 0.25) is 0 Å². The van der Waals surface area contributed by atoms with Gasteiger partial charge in [0.1, 0.15) is 0 Å². The molecule has 0 aliphatic heterocycles. The first-order chi connectivity index (χ1) is 7.60. The van der Waals surface area contributed by atoms with Gasteiger partial charge in [-0.3, -0.25) is 0 Å². The maximum atomic E-state index is 8.72. The molecule has 0 aromatic rings. The number of allylic oxidation sites excluding steroid dienone is 5. The largest absolute Gasteiger partial charge is 0.392 e. The van der Waals surface area contributed by atoms with Gasteiger partial charge in [-0.15, -0.1) is 0 Å². The normalized spacial score (nSPS) is 14.4. The van der Waals surface area contributed by atoms with Gasteiger partial charge in [0.25, 0.3) is 0 Å². The molecule has 1 heteroatoms. The Hall–Kier alpha value is -0.820. The summed E-state index contributed by atoms with van der Waals surface area (Å²) in [5.74, 6) is 0. The molecule has 0 radical (unpaired) electrons. The average Bonchev–Trinajstić information content (AvgIpc) is 2.26. The van der Waals surface area contributed by atoms with Crippen molar-refractivity contribution in [2.24, 2.45) is 0 Å². The van der Waals surface area contributed by atoms with Crippen molar-refractivity contribution in [3.8, 4) is 0 Å². The van der Waals surface area contributed by atoms with Crippen molar-refractivity contribution in [1.82, 2.24) is 0 Å². The standard InChI is InChI=1S/C15H26O/c1-5-13(2)9-10-14(3)7-6-8-15(4)11-12-16/h5,7,11,16H,6,8-10,12H2,1-4H3. The molecule has 0 fully saturated rings. The average molecular weight is 222 g/mol. The summed E-state index contributed by atoms with van der Waals surface area (Å²) in [6.45, 7) is 8.71. The van der Waals surface area contributed by atoms with Crippen LogP contribution in [0, 0.1) is 0 Å². The molecule has 0 aromatic carbocycles. The van der Waals surface area contributed by atoms with E-state index in [-0.39, 0.29) is 6.61 Å². The number of aliphatic hydroxyl groups is 1. The number of aliphatic hydroxyl groups excluding tert-OH is 1. The van der Waals surface area contributed by atoms with E-state index in [4.69, 9.17) is 5.11 Å². The van der Waals surface area contributed by atoms with Crippen molar-refractivity contribution >= 4 is 0 Å². The first-order valence-electron chi connectivity index (χ1n) is 6.14. The van der Waals surface area contributed by atoms with Gasteiger partial charge in [0.15, 0.2) is 0 Å². The quantitative estimate of drug-likeness (QED) is 0.633. The predicted octanol–water partition coefficient (Wildman–Crippen LogP) is 4.40. The first-order valence-corrected chi connectivity index (χ1v) is 6.14. The summed E-state index contributed by atoms with van der Waals surface area (Å²) >= 11 is 0. The van der Waals surface area contributed by atoms with Gasteiger partial charge in [0, 0.05) is 0 Å². The Labute approximate surface area is 101 Å². The Morgan fingerprint density at radius 2 is 1.44 bits per heavy atom. The third kappa shape index (κ3) is 8.49. The van der Waals surface area contributed by atoms with Crippen molar-refractivity contribution in [3.05, 3.63) is 34.9 Å². The zero-order valence-electron chi connectivity index (χ0n) is 11.2. The Morgan fingerprint density at radius 3 is 2.00 bits per heavy atom. The van der Waals surface area contributed by atoms with Crippen molar-refractivity contribution in [1.29, 1.82) is 0 Å². The lowest BCUT2D eigenvalue weighted by molar-refractivity contribution is 0.341. The van der Waals surface area contributed by atoms with Crippen molar-refractivity contribution in [3.63, 3.8) is 0 Å². The molecule has 0 atom stereocenters. The van der Waals surface area contributed by atoms with E-state index >= 15 is 0 Å². The molecule has 0 aromatic heterocycles. The van der Waals surface area contributed by atoms with E-state index in [0.717, 1.165) is 12.8 Å². The molecule has 0 aliphatic rings. The van der Waals surface area contributed by atoms with E-state index in [9.17, 15) is 0 Å². The smallest absolute Gasteiger partial charge is 0.0614 e. The molecule has 1 nitrogen and oxygen atoms in total. The Bertz CT molecular complexity index is 269. The van der Waals surface area contributed by atoms with Gasteiger partial charge < -0.3 is 5.11 Å². The summed E-state index contributed by atoms with van der Waals surface area (Å²) in [5.41, 5.74) is 4.21. The molecule has 0 aliphatic carbocycles. The van der Waals surface area contributed by atoms with E-state index in [1.54, 1.807) is 0 Å². The van der Waals surface area contributed by atoms with Crippen LogP contribution in [0.3, 0.4) is 0 Å². The Kier molecular flexibility index (Phi) is 8.93. The van der Waals surface area contributed by atoms with Crippen LogP contribution in [0.1, 0.15) is 53.4 Å². The van der Waals surface area contributed by atoms with E-state index < -0.39 is 0 Å². The number of hydrogen-bond acceptors (Lipinski definition) is 1. The van der Waals surface area contributed by atoms with Crippen LogP contribution >= 0.6 is 0 Å². The fraction of sp³-hybridized carbons (Fsp3) is 0.600. The number of hydrogen-bond donors (Lipinski definition) is 1. The summed E-state index contributed by atoms with van der Waals surface area (Å²) in [6.07, 6.45) is 10.9. The van der Waals surface area contributed by atoms with Crippen LogP contribution in [0.5, 0.6) is 0 Å². The first kappa shape index (κ1) is 15.2. The maximum Gasteiger partial charge on any atom is 0.0614 e. The summed E-state index contributed by atoms with van der Waals surface area (Å²) in [5, 5.41) is 8.72. The fourth-order valence-electron chi connectivity index (χ4n) is 1.44. The second-order valence-electron chi connectivity index (χ2n) is 4.46. The Morgan fingerprint density at radius 1 is 0.875 bits per heavy atom. The van der Waals surface area contributed by atoms with Crippen LogP contribution in [-0.2, 0) is 0 Å². The van der Waals surface area contributed by atoms with E-state index in [0.29, 0.717) is 0 Å². The molecular weight excluding hydrogens is 196 g/mol. The van der Waals surface area contributed by atoms with Crippen LogP contribution < -0.4 is 0 Å². The molecule has 0 unspecified atom stereocenters. The molecule has 0 heterocycles. The zero-order chi connectivity index (χ0) is 12.4. The summed E-state index contributed by atoms with van der Waals surface area (Å²) in [7, 11) is 0. The minimum absolute atomic E-state index is 0.162. The number of rotatable bonds is 7. The van der Waals surface area contributed by atoms with Crippen LogP contribution in [0.25, 0.3) is 0 Å². The van der Waals surface area contributed by atoms with Gasteiger partial charge in [0.05, 0.1) is 6.61 Å². The lowest BCUT2D eigenvalue weighted by Gasteiger charge is -2.02. The van der Waals surface area contributed by atoms with Crippen LogP contribution in [0.2, 0.25) is 0 Å². The molecule has 0 saturated heterocycles. The molecule has 92 valence electrons. The van der Waals surface area contributed by atoms with E-state index in [1.165, 1.54) is 29.6 Å². The third-order valence-electron chi connectivity index (χ3n) is 2.88. The molecule has 1 N–H and O–H groups in total. The minimum atomic E-state index is 0.162. The van der Waals surface area contributed by atoms with Crippen molar-refractivity contribution in [2.75, 3.05) is 6.61 Å². The summed E-state index contributed by atoms with van der Waals surface area (Å²) in [4.78, 5) is 0. The maximum absolute atomic E-state index is 8.72. The van der Waals surface area contributed by atoms with Gasteiger partial charge in [-0.25, -0.2) is 0 Å². The van der Waals surface area contributed by atoms with E-state index in [2.05, 4.69) is 39.8 Å². The second-order valence-corrected chi connectivity index (χ2v) is 4.46. The topological polar surface area (TPSA) is 20.2 Å². The highest BCUT2D eigenvalue weighted by Crippen LogP contribution is 2.13. The van der Waals surface area contributed by atoms with E-state index in [1.807, 2.05) is 6.08 Å². The summed E-state index contributed by atoms with van der Waals surface area (Å²) in [6, 6.07) is 0. The van der Waals surface area contributed by atoms with Gasteiger partial charge in [-0.1, -0.05) is 34.9 Å². The van der Waals surface area contributed by atoms with Gasteiger partial charge >= 0.3 is 0 Å².